The minimum atomic E-state index is -5.14. The number of nitrogen functional groups attached to an aromatic ring is 1. The molecule has 7 rings (SSSR count). The minimum absolute atomic E-state index is 0.0787. The number of hydrogen-bond acceptors (Lipinski definition) is 9. The van der Waals surface area contributed by atoms with Crippen LogP contribution in [0.4, 0.5) is 41.7 Å². The van der Waals surface area contributed by atoms with E-state index in [9.17, 15) is 26.7 Å². The largest absolute Gasteiger partial charge is 0.461 e. The Labute approximate surface area is 279 Å². The number of thiazole rings is 1. The SMILES string of the molecule is C=CC(=O)N1CC(F)C(N(C)c2nc(OCC34CCCN3CC(F)C4)nc3c(F)c(-c4ccc(F)c5sc(N)nc45)c(C(F)(F)F)cc23)C1. The average molecular weight is 710 g/mol. The number of aromatic nitrogens is 3. The Hall–Kier alpha value is -4.25. The second kappa shape index (κ2) is 12.0. The first-order valence-corrected chi connectivity index (χ1v) is 16.3. The fourth-order valence-electron chi connectivity index (χ4n) is 7.43. The standard InChI is InChI=1S/C32H30F7N7O2S/c1-3-22(47)45-12-20(35)21(13-45)44(2)28-17-9-18(32(37,38)39)23(16-5-6-19(34)27-26(16)41-29(40)49-27)24(36)25(17)42-30(43-28)48-14-31-7-4-8-46(31)11-15(33)10-31/h3,5-6,9,15,20-21H,1,4,7-8,10-14H2,2H3,(H2,40,41). The van der Waals surface area contributed by atoms with Crippen molar-refractivity contribution in [2.45, 2.75) is 49.4 Å². The van der Waals surface area contributed by atoms with Crippen LogP contribution in [0.2, 0.25) is 0 Å². The van der Waals surface area contributed by atoms with Crippen molar-refractivity contribution < 1.29 is 40.3 Å². The highest BCUT2D eigenvalue weighted by Crippen LogP contribution is 2.47. The van der Waals surface area contributed by atoms with Crippen molar-refractivity contribution in [3.8, 4) is 17.1 Å². The van der Waals surface area contributed by atoms with Gasteiger partial charge in [-0.1, -0.05) is 17.9 Å². The van der Waals surface area contributed by atoms with Crippen LogP contribution in [0.25, 0.3) is 32.2 Å². The van der Waals surface area contributed by atoms with Crippen molar-refractivity contribution in [3.63, 3.8) is 0 Å². The summed E-state index contributed by atoms with van der Waals surface area (Å²) < 4.78 is 112. The zero-order chi connectivity index (χ0) is 35.0. The Morgan fingerprint density at radius 2 is 1.96 bits per heavy atom. The first-order chi connectivity index (χ1) is 23.2. The van der Waals surface area contributed by atoms with Gasteiger partial charge in [-0.05, 0) is 43.7 Å². The third-order valence-corrected chi connectivity index (χ3v) is 10.6. The highest BCUT2D eigenvalue weighted by atomic mass is 32.1. The zero-order valence-electron chi connectivity index (χ0n) is 26.0. The fraction of sp³-hybridized carbons (Fsp3) is 0.438. The molecule has 49 heavy (non-hydrogen) atoms. The maximum atomic E-state index is 16.9. The number of nitrogens with two attached hydrogens (primary N) is 1. The number of anilines is 2. The molecular formula is C32H30F7N7O2S. The van der Waals surface area contributed by atoms with Crippen molar-refractivity contribution >= 4 is 49.3 Å². The van der Waals surface area contributed by atoms with Gasteiger partial charge in [0, 0.05) is 43.1 Å². The van der Waals surface area contributed by atoms with Crippen molar-refractivity contribution in [1.29, 1.82) is 0 Å². The highest BCUT2D eigenvalue weighted by Gasteiger charge is 2.49. The molecule has 2 aromatic heterocycles. The van der Waals surface area contributed by atoms with Crippen LogP contribution < -0.4 is 15.4 Å². The van der Waals surface area contributed by atoms with Crippen LogP contribution in [-0.2, 0) is 11.0 Å². The molecule has 0 saturated carbocycles. The smallest absolute Gasteiger partial charge is 0.417 e. The number of likely N-dealkylation sites (tertiary alicyclic amines) is 1. The van der Waals surface area contributed by atoms with Gasteiger partial charge in [0.15, 0.2) is 10.9 Å². The predicted octanol–water partition coefficient (Wildman–Crippen LogP) is 5.91. The van der Waals surface area contributed by atoms with E-state index in [4.69, 9.17) is 10.5 Å². The molecule has 2 N–H and O–H groups in total. The van der Waals surface area contributed by atoms with Crippen molar-refractivity contribution in [3.05, 3.63) is 48.1 Å². The molecule has 3 aliphatic rings. The molecule has 260 valence electrons. The number of fused-ring (bicyclic) bond motifs is 3. The van der Waals surface area contributed by atoms with Crippen LogP contribution in [0, 0.1) is 11.6 Å². The lowest BCUT2D eigenvalue weighted by Crippen LogP contribution is -2.43. The van der Waals surface area contributed by atoms with Gasteiger partial charge in [0.05, 0.1) is 33.9 Å². The molecule has 0 radical (unpaired) electrons. The number of amides is 1. The number of nitrogens with zero attached hydrogens (tertiary/aromatic N) is 6. The normalized spacial score (nSPS) is 24.2. The summed E-state index contributed by atoms with van der Waals surface area (Å²) in [6, 6.07) is 1.04. The Bertz CT molecular complexity index is 1990. The summed E-state index contributed by atoms with van der Waals surface area (Å²) in [5.41, 5.74) is 1.49. The first kappa shape index (κ1) is 33.3. The number of benzene rings is 2. The topological polar surface area (TPSA) is 101 Å². The molecule has 0 spiro atoms. The van der Waals surface area contributed by atoms with E-state index < -0.39 is 75.7 Å². The lowest BCUT2D eigenvalue weighted by Gasteiger charge is -2.31. The lowest BCUT2D eigenvalue weighted by molar-refractivity contribution is -0.137. The van der Waals surface area contributed by atoms with Gasteiger partial charge >= 0.3 is 12.2 Å². The predicted molar refractivity (Wildman–Crippen MR) is 170 cm³/mol. The maximum Gasteiger partial charge on any atom is 0.417 e. The Kier molecular flexibility index (Phi) is 8.12. The molecule has 5 heterocycles. The van der Waals surface area contributed by atoms with Gasteiger partial charge < -0.3 is 20.3 Å². The van der Waals surface area contributed by atoms with E-state index in [1.807, 2.05) is 4.90 Å². The van der Waals surface area contributed by atoms with Crippen LogP contribution in [0.3, 0.4) is 0 Å². The van der Waals surface area contributed by atoms with Crippen molar-refractivity contribution in [1.82, 2.24) is 24.8 Å². The summed E-state index contributed by atoms with van der Waals surface area (Å²) in [6.07, 6.45) is -5.24. The molecule has 3 aliphatic heterocycles. The first-order valence-electron chi connectivity index (χ1n) is 15.5. The van der Waals surface area contributed by atoms with Gasteiger partial charge in [0.25, 0.3) is 0 Å². The van der Waals surface area contributed by atoms with Gasteiger partial charge in [-0.3, -0.25) is 9.69 Å². The number of hydrogen-bond donors (Lipinski definition) is 1. The van der Waals surface area contributed by atoms with Crippen molar-refractivity contribution in [2.24, 2.45) is 0 Å². The second-order valence-electron chi connectivity index (χ2n) is 12.7. The Balaban J connectivity index is 1.42. The molecule has 2 aromatic carbocycles. The number of carbonyl (C=O) groups excluding carboxylic acids is 1. The third kappa shape index (κ3) is 5.59. The number of halogens is 7. The molecule has 4 unspecified atom stereocenters. The summed E-state index contributed by atoms with van der Waals surface area (Å²) >= 11 is 0.698. The quantitative estimate of drug-likeness (QED) is 0.187. The van der Waals surface area contributed by atoms with Crippen molar-refractivity contribution in [2.75, 3.05) is 50.5 Å². The number of rotatable bonds is 7. The Morgan fingerprint density at radius 3 is 2.69 bits per heavy atom. The summed E-state index contributed by atoms with van der Waals surface area (Å²) in [7, 11) is 1.37. The van der Waals surface area contributed by atoms with E-state index in [0.29, 0.717) is 30.4 Å². The number of ether oxygens (including phenoxy) is 1. The Morgan fingerprint density at radius 1 is 1.18 bits per heavy atom. The molecule has 3 saturated heterocycles. The summed E-state index contributed by atoms with van der Waals surface area (Å²) in [6.45, 7) is 3.75. The summed E-state index contributed by atoms with van der Waals surface area (Å²) in [5.74, 6) is -3.05. The average Bonchev–Trinajstić information content (AvgIpc) is 3.81. The van der Waals surface area contributed by atoms with E-state index in [0.717, 1.165) is 24.6 Å². The van der Waals surface area contributed by atoms with E-state index in [1.165, 1.54) is 16.8 Å². The van der Waals surface area contributed by atoms with E-state index in [-0.39, 0.29) is 59.4 Å². The second-order valence-corrected chi connectivity index (χ2v) is 13.7. The molecule has 9 nitrogen and oxygen atoms in total. The molecule has 0 aliphatic carbocycles. The van der Waals surface area contributed by atoms with Gasteiger partial charge in [-0.2, -0.15) is 23.1 Å². The summed E-state index contributed by atoms with van der Waals surface area (Å²) in [5, 5.41) is -0.548. The van der Waals surface area contributed by atoms with Gasteiger partial charge in [0.1, 0.15) is 36.1 Å². The fourth-order valence-corrected chi connectivity index (χ4v) is 8.19. The third-order valence-electron chi connectivity index (χ3n) is 9.75. The molecule has 4 aromatic rings. The summed E-state index contributed by atoms with van der Waals surface area (Å²) in [4.78, 5) is 29.3. The monoisotopic (exact) mass is 709 g/mol. The molecule has 1 amide bonds. The van der Waals surface area contributed by atoms with Crippen LogP contribution in [0.5, 0.6) is 6.01 Å². The molecular weight excluding hydrogens is 679 g/mol. The van der Waals surface area contributed by atoms with E-state index in [1.54, 1.807) is 0 Å². The maximum absolute atomic E-state index is 16.9. The minimum Gasteiger partial charge on any atom is -0.461 e. The van der Waals surface area contributed by atoms with Gasteiger partial charge in [0.2, 0.25) is 5.91 Å². The van der Waals surface area contributed by atoms with Crippen LogP contribution in [-0.4, -0.2) is 94.4 Å². The van der Waals surface area contributed by atoms with Crippen LogP contribution >= 0.6 is 11.3 Å². The van der Waals surface area contributed by atoms with E-state index in [2.05, 4.69) is 21.5 Å². The van der Waals surface area contributed by atoms with E-state index >= 15 is 8.78 Å². The lowest BCUT2D eigenvalue weighted by atomic mass is 9.94. The molecule has 0 bridgehead atoms. The van der Waals surface area contributed by atoms with Crippen LogP contribution in [0.1, 0.15) is 24.8 Å². The highest BCUT2D eigenvalue weighted by molar-refractivity contribution is 7.22. The number of alkyl halides is 5. The zero-order valence-corrected chi connectivity index (χ0v) is 26.9. The number of carbonyl (C=O) groups is 1. The number of likely N-dealkylation sites (N-methyl/N-ethyl adjacent to an activating group) is 1. The van der Waals surface area contributed by atoms with Gasteiger partial charge in [-0.15, -0.1) is 0 Å². The molecule has 4 atom stereocenters. The van der Waals surface area contributed by atoms with Crippen LogP contribution in [0.15, 0.2) is 30.9 Å². The molecule has 3 fully saturated rings. The van der Waals surface area contributed by atoms with Gasteiger partial charge in [-0.25, -0.2) is 22.5 Å². The molecule has 17 heteroatoms.